The normalized spacial score (nSPS) is 16.4. The van der Waals surface area contributed by atoms with Crippen molar-refractivity contribution in [2.75, 3.05) is 24.7 Å². The summed E-state index contributed by atoms with van der Waals surface area (Å²) in [6.45, 7) is 4.25. The van der Waals surface area contributed by atoms with Crippen LogP contribution in [0.25, 0.3) is 0 Å². The number of para-hydroxylation sites is 1. The van der Waals surface area contributed by atoms with Crippen LogP contribution in [0.4, 0.5) is 5.69 Å². The van der Waals surface area contributed by atoms with Gasteiger partial charge in [0.15, 0.2) is 0 Å². The van der Waals surface area contributed by atoms with Crippen molar-refractivity contribution in [1.29, 1.82) is 0 Å². The maximum Gasteiger partial charge on any atom is 0.258 e. The van der Waals surface area contributed by atoms with Crippen LogP contribution in [-0.2, 0) is 4.74 Å². The number of hydrogen-bond acceptors (Lipinski definition) is 3. The second-order valence-electron chi connectivity index (χ2n) is 6.62. The highest BCUT2D eigenvalue weighted by molar-refractivity contribution is 6.06. The fourth-order valence-corrected chi connectivity index (χ4v) is 3.09. The fraction of sp³-hybridized carbons (Fsp3) is 0.409. The van der Waals surface area contributed by atoms with Gasteiger partial charge < -0.3 is 14.4 Å². The molecule has 0 aromatic heterocycles. The molecule has 4 nitrogen and oxygen atoms in total. The maximum atomic E-state index is 13.0. The highest BCUT2D eigenvalue weighted by Crippen LogP contribution is 2.20. The molecule has 4 heteroatoms. The summed E-state index contributed by atoms with van der Waals surface area (Å²) in [5, 5.41) is 0. The molecule has 1 atom stereocenters. The van der Waals surface area contributed by atoms with Crippen LogP contribution < -0.4 is 9.64 Å². The Hall–Kier alpha value is -2.33. The Balaban J connectivity index is 1.66. The van der Waals surface area contributed by atoms with Crippen LogP contribution in [0.5, 0.6) is 5.75 Å². The van der Waals surface area contributed by atoms with Crippen LogP contribution in [0, 0.1) is 0 Å². The third-order valence-corrected chi connectivity index (χ3v) is 4.61. The lowest BCUT2D eigenvalue weighted by molar-refractivity contribution is 0.0679. The standard InChI is InChI=1S/C22H27NO3/c1-2-3-15-23(19-8-5-4-6-9-19)22(24)18-11-13-20(14-12-18)26-17-21-10-7-16-25-21/h4-6,8-9,11-14,21H,2-3,7,10,15-17H2,1H3. The number of benzene rings is 2. The quantitative estimate of drug-likeness (QED) is 0.691. The van der Waals surface area contributed by atoms with Gasteiger partial charge in [0.1, 0.15) is 12.4 Å². The number of ether oxygens (including phenoxy) is 2. The predicted octanol–water partition coefficient (Wildman–Crippen LogP) is 4.69. The van der Waals surface area contributed by atoms with Crippen LogP contribution >= 0.6 is 0 Å². The summed E-state index contributed by atoms with van der Waals surface area (Å²) in [4.78, 5) is 14.8. The minimum atomic E-state index is 0.0235. The van der Waals surface area contributed by atoms with Crippen molar-refractivity contribution in [3.05, 3.63) is 60.2 Å². The first-order valence-corrected chi connectivity index (χ1v) is 9.49. The molecule has 1 aliphatic rings. The van der Waals surface area contributed by atoms with Crippen molar-refractivity contribution < 1.29 is 14.3 Å². The average molecular weight is 353 g/mol. The molecular weight excluding hydrogens is 326 g/mol. The minimum Gasteiger partial charge on any atom is -0.491 e. The first-order valence-electron chi connectivity index (χ1n) is 9.49. The Morgan fingerprint density at radius 3 is 2.58 bits per heavy atom. The van der Waals surface area contributed by atoms with Crippen LogP contribution in [-0.4, -0.2) is 31.8 Å². The molecule has 1 heterocycles. The summed E-state index contributed by atoms with van der Waals surface area (Å²) in [6, 6.07) is 17.3. The third-order valence-electron chi connectivity index (χ3n) is 4.61. The summed E-state index contributed by atoms with van der Waals surface area (Å²) in [7, 11) is 0. The number of unbranched alkanes of at least 4 members (excludes halogenated alkanes) is 1. The zero-order valence-electron chi connectivity index (χ0n) is 15.4. The zero-order valence-corrected chi connectivity index (χ0v) is 15.4. The molecule has 1 unspecified atom stereocenters. The summed E-state index contributed by atoms with van der Waals surface area (Å²) in [6.07, 6.45) is 4.38. The van der Waals surface area contributed by atoms with Gasteiger partial charge in [-0.25, -0.2) is 0 Å². The monoisotopic (exact) mass is 353 g/mol. The largest absolute Gasteiger partial charge is 0.491 e. The van der Waals surface area contributed by atoms with Crippen molar-refractivity contribution in [3.8, 4) is 5.75 Å². The van der Waals surface area contributed by atoms with Gasteiger partial charge in [-0.05, 0) is 55.7 Å². The van der Waals surface area contributed by atoms with Crippen LogP contribution in [0.15, 0.2) is 54.6 Å². The van der Waals surface area contributed by atoms with Gasteiger partial charge in [0, 0.05) is 24.4 Å². The van der Waals surface area contributed by atoms with E-state index in [4.69, 9.17) is 9.47 Å². The van der Waals surface area contributed by atoms with E-state index in [1.807, 2.05) is 59.5 Å². The number of anilines is 1. The highest BCUT2D eigenvalue weighted by Gasteiger charge is 2.18. The highest BCUT2D eigenvalue weighted by atomic mass is 16.5. The van der Waals surface area contributed by atoms with E-state index in [2.05, 4.69) is 6.92 Å². The summed E-state index contributed by atoms with van der Waals surface area (Å²) >= 11 is 0. The number of nitrogens with zero attached hydrogens (tertiary/aromatic N) is 1. The van der Waals surface area contributed by atoms with Gasteiger partial charge in [-0.2, -0.15) is 0 Å². The minimum absolute atomic E-state index is 0.0235. The predicted molar refractivity (Wildman–Crippen MR) is 104 cm³/mol. The van der Waals surface area contributed by atoms with E-state index in [0.717, 1.165) is 50.3 Å². The second kappa shape index (κ2) is 9.39. The number of rotatable bonds is 8. The molecule has 1 amide bonds. The molecule has 1 aliphatic heterocycles. The Labute approximate surface area is 155 Å². The lowest BCUT2D eigenvalue weighted by atomic mass is 10.1. The van der Waals surface area contributed by atoms with Gasteiger partial charge in [-0.1, -0.05) is 31.5 Å². The van der Waals surface area contributed by atoms with E-state index < -0.39 is 0 Å². The van der Waals surface area contributed by atoms with Gasteiger partial charge in [-0.15, -0.1) is 0 Å². The maximum absolute atomic E-state index is 13.0. The summed E-state index contributed by atoms with van der Waals surface area (Å²) in [5.74, 6) is 0.798. The fourth-order valence-electron chi connectivity index (χ4n) is 3.09. The molecule has 3 rings (SSSR count). The third kappa shape index (κ3) is 4.85. The molecule has 0 radical (unpaired) electrons. The van der Waals surface area contributed by atoms with Crippen LogP contribution in [0.2, 0.25) is 0 Å². The van der Waals surface area contributed by atoms with Gasteiger partial charge in [0.2, 0.25) is 0 Å². The molecule has 1 saturated heterocycles. The van der Waals surface area contributed by atoms with Crippen molar-refractivity contribution in [3.63, 3.8) is 0 Å². The molecule has 26 heavy (non-hydrogen) atoms. The van der Waals surface area contributed by atoms with Crippen LogP contribution in [0.1, 0.15) is 43.0 Å². The van der Waals surface area contributed by atoms with Crippen molar-refractivity contribution in [2.45, 2.75) is 38.7 Å². The first-order chi connectivity index (χ1) is 12.8. The van der Waals surface area contributed by atoms with Crippen molar-refractivity contribution >= 4 is 11.6 Å². The van der Waals surface area contributed by atoms with Gasteiger partial charge in [-0.3, -0.25) is 4.79 Å². The smallest absolute Gasteiger partial charge is 0.258 e. The van der Waals surface area contributed by atoms with Gasteiger partial charge in [0.25, 0.3) is 5.91 Å². The Morgan fingerprint density at radius 2 is 1.92 bits per heavy atom. The van der Waals surface area contributed by atoms with Crippen molar-refractivity contribution in [2.24, 2.45) is 0 Å². The molecule has 0 bridgehead atoms. The number of hydrogen-bond donors (Lipinski definition) is 0. The average Bonchev–Trinajstić information content (AvgIpc) is 3.21. The summed E-state index contributed by atoms with van der Waals surface area (Å²) in [5.41, 5.74) is 1.61. The van der Waals surface area contributed by atoms with Crippen molar-refractivity contribution in [1.82, 2.24) is 0 Å². The molecular formula is C22H27NO3. The molecule has 0 saturated carbocycles. The van der Waals surface area contributed by atoms with E-state index in [9.17, 15) is 4.79 Å². The molecule has 1 fully saturated rings. The van der Waals surface area contributed by atoms with E-state index in [-0.39, 0.29) is 12.0 Å². The Kier molecular flexibility index (Phi) is 6.67. The van der Waals surface area contributed by atoms with E-state index in [1.165, 1.54) is 0 Å². The molecule has 0 spiro atoms. The summed E-state index contributed by atoms with van der Waals surface area (Å²) < 4.78 is 11.4. The second-order valence-corrected chi connectivity index (χ2v) is 6.62. The lowest BCUT2D eigenvalue weighted by Crippen LogP contribution is -2.31. The molecule has 2 aromatic rings. The van der Waals surface area contributed by atoms with Gasteiger partial charge in [0.05, 0.1) is 6.10 Å². The van der Waals surface area contributed by atoms with E-state index in [0.29, 0.717) is 12.2 Å². The van der Waals surface area contributed by atoms with E-state index in [1.54, 1.807) is 0 Å². The number of amides is 1. The Morgan fingerprint density at radius 1 is 1.15 bits per heavy atom. The number of carbonyl (C=O) groups excluding carboxylic acids is 1. The molecule has 138 valence electrons. The van der Waals surface area contributed by atoms with E-state index >= 15 is 0 Å². The van der Waals surface area contributed by atoms with Gasteiger partial charge >= 0.3 is 0 Å². The van der Waals surface area contributed by atoms with Crippen LogP contribution in [0.3, 0.4) is 0 Å². The molecule has 2 aromatic carbocycles. The first kappa shape index (κ1) is 18.5. The molecule has 0 N–H and O–H groups in total. The topological polar surface area (TPSA) is 38.8 Å². The Bertz CT molecular complexity index is 678. The molecule has 0 aliphatic carbocycles. The SMILES string of the molecule is CCCCN(C(=O)c1ccc(OCC2CCCO2)cc1)c1ccccc1. The zero-order chi connectivity index (χ0) is 18.2. The number of carbonyl (C=O) groups is 1. The lowest BCUT2D eigenvalue weighted by Gasteiger charge is -2.23.